The molecule has 30 heavy (non-hydrogen) atoms. The zero-order chi connectivity index (χ0) is 21.3. The summed E-state index contributed by atoms with van der Waals surface area (Å²) in [7, 11) is 0. The largest absolute Gasteiger partial charge is 0.319 e. The molecule has 0 atom stereocenters. The lowest BCUT2D eigenvalue weighted by Gasteiger charge is -2.10. The van der Waals surface area contributed by atoms with Gasteiger partial charge in [-0.15, -0.1) is 5.10 Å². The summed E-state index contributed by atoms with van der Waals surface area (Å²) < 4.78 is 1.74. The van der Waals surface area contributed by atoms with Crippen molar-refractivity contribution in [3.63, 3.8) is 0 Å². The van der Waals surface area contributed by atoms with Crippen molar-refractivity contribution in [3.05, 3.63) is 94.3 Å². The maximum absolute atomic E-state index is 12.9. The molecular weight excluding hydrogens is 396 g/mol. The van der Waals surface area contributed by atoms with E-state index in [4.69, 9.17) is 11.6 Å². The quantitative estimate of drug-likeness (QED) is 0.459. The summed E-state index contributed by atoms with van der Waals surface area (Å²) in [5, 5.41) is 7.92. The Morgan fingerprint density at radius 2 is 1.67 bits per heavy atom. The number of amides is 1. The molecule has 0 saturated heterocycles. The van der Waals surface area contributed by atoms with Gasteiger partial charge in [0.05, 0.1) is 5.69 Å². The van der Waals surface area contributed by atoms with Crippen LogP contribution in [0.1, 0.15) is 27.3 Å². The van der Waals surface area contributed by atoms with Gasteiger partial charge in [-0.1, -0.05) is 59.6 Å². The van der Waals surface area contributed by atoms with Crippen LogP contribution in [0.3, 0.4) is 0 Å². The van der Waals surface area contributed by atoms with Gasteiger partial charge in [0.25, 0.3) is 5.91 Å². The predicted molar refractivity (Wildman–Crippen MR) is 120 cm³/mol. The standard InChI is InChI=1S/C24H21ClN4O/c1-15-8-11-18(12-9-15)23-27-22(24(30)26-20-6-4-5-19(25)14-20)28-29(23)21-13-16(2)7-10-17(21)3/h4-14H,1-3H3,(H,26,30). The lowest BCUT2D eigenvalue weighted by Crippen LogP contribution is -2.14. The van der Waals surface area contributed by atoms with E-state index in [1.165, 1.54) is 0 Å². The fraction of sp³-hybridized carbons (Fsp3) is 0.125. The van der Waals surface area contributed by atoms with Crippen molar-refractivity contribution in [1.82, 2.24) is 14.8 Å². The molecule has 150 valence electrons. The van der Waals surface area contributed by atoms with Crippen LogP contribution in [-0.2, 0) is 0 Å². The Hall–Kier alpha value is -3.44. The number of benzene rings is 3. The molecule has 0 unspecified atom stereocenters. The third kappa shape index (κ3) is 4.11. The number of halogens is 1. The second-order valence-electron chi connectivity index (χ2n) is 7.29. The Kier molecular flexibility index (Phi) is 5.38. The average molecular weight is 417 g/mol. The third-order valence-corrected chi connectivity index (χ3v) is 5.03. The van der Waals surface area contributed by atoms with E-state index in [0.717, 1.165) is 27.9 Å². The smallest absolute Gasteiger partial charge is 0.295 e. The summed E-state index contributed by atoms with van der Waals surface area (Å²) in [6.45, 7) is 6.07. The van der Waals surface area contributed by atoms with E-state index in [1.807, 2.05) is 63.2 Å². The Morgan fingerprint density at radius 1 is 0.933 bits per heavy atom. The van der Waals surface area contributed by atoms with Crippen LogP contribution in [-0.4, -0.2) is 20.7 Å². The minimum absolute atomic E-state index is 0.0893. The van der Waals surface area contributed by atoms with Crippen LogP contribution >= 0.6 is 11.6 Å². The van der Waals surface area contributed by atoms with Gasteiger partial charge >= 0.3 is 0 Å². The molecule has 1 N–H and O–H groups in total. The SMILES string of the molecule is Cc1ccc(-c2nc(C(=O)Nc3cccc(Cl)c3)nn2-c2cc(C)ccc2C)cc1. The normalized spacial score (nSPS) is 10.8. The minimum Gasteiger partial charge on any atom is -0.319 e. The van der Waals surface area contributed by atoms with Gasteiger partial charge in [-0.2, -0.15) is 0 Å². The number of nitrogens with one attached hydrogen (secondary N) is 1. The first-order chi connectivity index (χ1) is 14.4. The van der Waals surface area contributed by atoms with Gasteiger partial charge in [-0.05, 0) is 56.2 Å². The second-order valence-corrected chi connectivity index (χ2v) is 7.73. The molecule has 0 fully saturated rings. The molecule has 0 radical (unpaired) electrons. The average Bonchev–Trinajstić information content (AvgIpc) is 3.16. The zero-order valence-corrected chi connectivity index (χ0v) is 17.7. The van der Waals surface area contributed by atoms with Gasteiger partial charge in [-0.3, -0.25) is 4.79 Å². The molecule has 0 bridgehead atoms. The van der Waals surface area contributed by atoms with Crippen LogP contribution in [0.2, 0.25) is 5.02 Å². The summed E-state index contributed by atoms with van der Waals surface area (Å²) in [6, 6.07) is 21.1. The molecule has 1 aromatic heterocycles. The molecule has 0 aliphatic carbocycles. The highest BCUT2D eigenvalue weighted by atomic mass is 35.5. The molecule has 4 aromatic rings. The monoisotopic (exact) mass is 416 g/mol. The van der Waals surface area contributed by atoms with E-state index in [2.05, 4.69) is 15.4 Å². The van der Waals surface area contributed by atoms with Crippen LogP contribution in [0, 0.1) is 20.8 Å². The maximum Gasteiger partial charge on any atom is 0.295 e. The highest BCUT2D eigenvalue weighted by Crippen LogP contribution is 2.25. The number of anilines is 1. The highest BCUT2D eigenvalue weighted by molar-refractivity contribution is 6.30. The first-order valence-electron chi connectivity index (χ1n) is 9.59. The van der Waals surface area contributed by atoms with Crippen molar-refractivity contribution < 1.29 is 4.79 Å². The van der Waals surface area contributed by atoms with Crippen molar-refractivity contribution in [2.75, 3.05) is 5.32 Å². The van der Waals surface area contributed by atoms with Crippen molar-refractivity contribution in [2.45, 2.75) is 20.8 Å². The number of rotatable bonds is 4. The molecule has 0 aliphatic heterocycles. The molecule has 6 heteroatoms. The Balaban J connectivity index is 1.80. The Labute approximate surface area is 180 Å². The number of hydrogen-bond acceptors (Lipinski definition) is 3. The van der Waals surface area contributed by atoms with Crippen LogP contribution in [0.25, 0.3) is 17.1 Å². The summed E-state index contributed by atoms with van der Waals surface area (Å²) >= 11 is 6.02. The second kappa shape index (κ2) is 8.13. The van der Waals surface area contributed by atoms with Crippen molar-refractivity contribution in [1.29, 1.82) is 0 Å². The van der Waals surface area contributed by atoms with Crippen molar-refractivity contribution >= 4 is 23.2 Å². The van der Waals surface area contributed by atoms with Gasteiger partial charge < -0.3 is 5.32 Å². The van der Waals surface area contributed by atoms with E-state index in [0.29, 0.717) is 16.5 Å². The van der Waals surface area contributed by atoms with Crippen molar-refractivity contribution in [3.8, 4) is 17.1 Å². The molecule has 3 aromatic carbocycles. The van der Waals surface area contributed by atoms with E-state index in [-0.39, 0.29) is 5.82 Å². The molecule has 1 amide bonds. The van der Waals surface area contributed by atoms with E-state index in [1.54, 1.807) is 28.9 Å². The molecule has 4 rings (SSSR count). The third-order valence-electron chi connectivity index (χ3n) is 4.80. The number of aryl methyl sites for hydroxylation is 3. The van der Waals surface area contributed by atoms with Crippen LogP contribution < -0.4 is 5.32 Å². The molecule has 0 saturated carbocycles. The topological polar surface area (TPSA) is 59.8 Å². The zero-order valence-electron chi connectivity index (χ0n) is 17.0. The first kappa shape index (κ1) is 19.9. The lowest BCUT2D eigenvalue weighted by atomic mass is 10.1. The number of carbonyl (C=O) groups excluding carboxylic acids is 1. The summed E-state index contributed by atoms with van der Waals surface area (Å²) in [5.41, 5.74) is 5.66. The maximum atomic E-state index is 12.9. The lowest BCUT2D eigenvalue weighted by molar-refractivity contribution is 0.101. The molecular formula is C24H21ClN4O. The molecule has 1 heterocycles. The number of hydrogen-bond donors (Lipinski definition) is 1. The Bertz CT molecular complexity index is 1230. The molecule has 0 aliphatic rings. The van der Waals surface area contributed by atoms with Gasteiger partial charge in [-0.25, -0.2) is 9.67 Å². The molecule has 0 spiro atoms. The fourth-order valence-electron chi connectivity index (χ4n) is 3.17. The van der Waals surface area contributed by atoms with E-state index < -0.39 is 5.91 Å². The van der Waals surface area contributed by atoms with Gasteiger partial charge in [0.1, 0.15) is 0 Å². The Morgan fingerprint density at radius 3 is 2.40 bits per heavy atom. The number of nitrogens with zero attached hydrogens (tertiary/aromatic N) is 3. The van der Waals surface area contributed by atoms with E-state index >= 15 is 0 Å². The van der Waals surface area contributed by atoms with Crippen molar-refractivity contribution in [2.24, 2.45) is 0 Å². The van der Waals surface area contributed by atoms with Crippen LogP contribution in [0.4, 0.5) is 5.69 Å². The summed E-state index contributed by atoms with van der Waals surface area (Å²) in [4.78, 5) is 17.4. The predicted octanol–water partition coefficient (Wildman–Crippen LogP) is 5.77. The van der Waals surface area contributed by atoms with Gasteiger partial charge in [0.15, 0.2) is 5.82 Å². The summed E-state index contributed by atoms with van der Waals surface area (Å²) in [6.07, 6.45) is 0. The van der Waals surface area contributed by atoms with Crippen LogP contribution in [0.15, 0.2) is 66.7 Å². The van der Waals surface area contributed by atoms with E-state index in [9.17, 15) is 4.79 Å². The highest BCUT2D eigenvalue weighted by Gasteiger charge is 2.20. The number of aromatic nitrogens is 3. The van der Waals surface area contributed by atoms with Gasteiger partial charge in [0, 0.05) is 16.3 Å². The van der Waals surface area contributed by atoms with Crippen LogP contribution in [0.5, 0.6) is 0 Å². The fourth-order valence-corrected chi connectivity index (χ4v) is 3.36. The minimum atomic E-state index is -0.394. The summed E-state index contributed by atoms with van der Waals surface area (Å²) in [5.74, 6) is 0.307. The van der Waals surface area contributed by atoms with Gasteiger partial charge in [0.2, 0.25) is 5.82 Å². The molecule has 5 nitrogen and oxygen atoms in total. The first-order valence-corrected chi connectivity index (χ1v) is 9.97. The number of carbonyl (C=O) groups is 1.